The summed E-state index contributed by atoms with van der Waals surface area (Å²) in [6.45, 7) is 6.23. The fraction of sp³-hybridized carbons (Fsp3) is 0.296. The van der Waals surface area contributed by atoms with Crippen molar-refractivity contribution < 1.29 is 13.9 Å². The summed E-state index contributed by atoms with van der Waals surface area (Å²) in [6.07, 6.45) is 2.29. The summed E-state index contributed by atoms with van der Waals surface area (Å²) in [5, 5.41) is 6.37. The summed E-state index contributed by atoms with van der Waals surface area (Å²) < 4.78 is 11.4. The van der Waals surface area contributed by atoms with Gasteiger partial charge in [0.05, 0.1) is 25.4 Å². The van der Waals surface area contributed by atoms with Gasteiger partial charge in [0.25, 0.3) is 0 Å². The summed E-state index contributed by atoms with van der Waals surface area (Å²) >= 11 is 0. The molecular weight excluding hydrogens is 400 g/mol. The Hall–Kier alpha value is -3.15. The maximum absolute atomic E-state index is 12.7. The lowest BCUT2D eigenvalue weighted by atomic mass is 10.0. The van der Waals surface area contributed by atoms with Crippen LogP contribution in [0.4, 0.5) is 0 Å². The third kappa shape index (κ3) is 4.54. The molecule has 1 unspecified atom stereocenters. The number of benzene rings is 3. The van der Waals surface area contributed by atoms with E-state index >= 15 is 0 Å². The number of hydrogen-bond donors (Lipinski definition) is 1. The molecule has 1 N–H and O–H groups in total. The van der Waals surface area contributed by atoms with E-state index in [0.717, 1.165) is 59.1 Å². The molecule has 5 heteroatoms. The van der Waals surface area contributed by atoms with Gasteiger partial charge in [0.2, 0.25) is 5.91 Å². The average molecular weight is 429 g/mol. The number of fused-ring (bicyclic) bond motifs is 3. The van der Waals surface area contributed by atoms with Crippen LogP contribution in [0, 0.1) is 0 Å². The number of carbonyl (C=O) groups is 1. The predicted molar refractivity (Wildman–Crippen MR) is 126 cm³/mol. The minimum absolute atomic E-state index is 0.00644. The quantitative estimate of drug-likeness (QED) is 0.485. The first-order valence-corrected chi connectivity index (χ1v) is 11.2. The van der Waals surface area contributed by atoms with Gasteiger partial charge in [-0.05, 0) is 34.9 Å². The normalized spacial score (nSPS) is 17.1. The first kappa shape index (κ1) is 20.7. The van der Waals surface area contributed by atoms with Crippen molar-refractivity contribution in [1.82, 2.24) is 10.2 Å². The molecule has 0 spiro atoms. The maximum Gasteiger partial charge on any atom is 0.224 e. The van der Waals surface area contributed by atoms with Crippen molar-refractivity contribution in [2.45, 2.75) is 32.5 Å². The van der Waals surface area contributed by atoms with Crippen LogP contribution < -0.4 is 5.32 Å². The molecule has 4 aromatic rings. The molecule has 32 heavy (non-hydrogen) atoms. The number of hydrogen-bond acceptors (Lipinski definition) is 4. The monoisotopic (exact) mass is 428 g/mol. The van der Waals surface area contributed by atoms with Crippen molar-refractivity contribution in [3.8, 4) is 0 Å². The second kappa shape index (κ2) is 9.15. The molecule has 2 heterocycles. The first-order valence-electron chi connectivity index (χ1n) is 11.2. The Morgan fingerprint density at radius 2 is 1.97 bits per heavy atom. The maximum atomic E-state index is 12.7. The van der Waals surface area contributed by atoms with Crippen LogP contribution in [-0.4, -0.2) is 36.6 Å². The van der Waals surface area contributed by atoms with Crippen LogP contribution in [0.3, 0.4) is 0 Å². The number of ether oxygens (including phenoxy) is 1. The molecule has 0 bridgehead atoms. The standard InChI is InChI=1S/C27H28N2O3/c1-19-16-29(11-12-31-19)17-21-6-4-5-20(13-21)15-28-26(30)14-23-18-32-25-10-9-22-7-2-3-8-24(22)27(23)25/h2-10,13,18-19H,11-12,14-17H2,1H3,(H,28,30). The number of nitrogens with zero attached hydrogens (tertiary/aromatic N) is 1. The summed E-state index contributed by atoms with van der Waals surface area (Å²) in [4.78, 5) is 15.1. The van der Waals surface area contributed by atoms with Crippen molar-refractivity contribution in [1.29, 1.82) is 0 Å². The number of amides is 1. The van der Waals surface area contributed by atoms with Crippen molar-refractivity contribution in [2.75, 3.05) is 19.7 Å². The van der Waals surface area contributed by atoms with Gasteiger partial charge in [-0.1, -0.05) is 54.6 Å². The van der Waals surface area contributed by atoms with Gasteiger partial charge >= 0.3 is 0 Å². The highest BCUT2D eigenvalue weighted by molar-refractivity contribution is 6.08. The van der Waals surface area contributed by atoms with Crippen LogP contribution in [-0.2, 0) is 29.0 Å². The van der Waals surface area contributed by atoms with Gasteiger partial charge in [-0.2, -0.15) is 0 Å². The fourth-order valence-corrected chi connectivity index (χ4v) is 4.57. The minimum Gasteiger partial charge on any atom is -0.464 e. The number of nitrogens with one attached hydrogen (secondary N) is 1. The molecule has 0 aliphatic carbocycles. The van der Waals surface area contributed by atoms with E-state index in [0.29, 0.717) is 13.0 Å². The molecule has 5 nitrogen and oxygen atoms in total. The van der Waals surface area contributed by atoms with Crippen molar-refractivity contribution in [3.63, 3.8) is 0 Å². The van der Waals surface area contributed by atoms with Crippen LogP contribution in [0.25, 0.3) is 21.7 Å². The van der Waals surface area contributed by atoms with E-state index < -0.39 is 0 Å². The second-order valence-electron chi connectivity index (χ2n) is 8.61. The van der Waals surface area contributed by atoms with E-state index in [-0.39, 0.29) is 12.0 Å². The molecule has 0 saturated carbocycles. The molecule has 3 aromatic carbocycles. The Morgan fingerprint density at radius 3 is 2.88 bits per heavy atom. The zero-order chi connectivity index (χ0) is 21.9. The number of rotatable bonds is 6. The van der Waals surface area contributed by atoms with Gasteiger partial charge in [-0.25, -0.2) is 0 Å². The fourth-order valence-electron chi connectivity index (χ4n) is 4.57. The molecule has 1 fully saturated rings. The predicted octanol–water partition coefficient (Wildman–Crippen LogP) is 4.67. The SMILES string of the molecule is CC1CN(Cc2cccc(CNC(=O)Cc3coc4ccc5ccccc5c34)c2)CCO1. The van der Waals surface area contributed by atoms with E-state index in [1.165, 1.54) is 5.56 Å². The summed E-state index contributed by atoms with van der Waals surface area (Å²) in [5.41, 5.74) is 4.11. The largest absolute Gasteiger partial charge is 0.464 e. The highest BCUT2D eigenvalue weighted by Gasteiger charge is 2.17. The molecule has 1 saturated heterocycles. The second-order valence-corrected chi connectivity index (χ2v) is 8.61. The molecule has 1 aromatic heterocycles. The van der Waals surface area contributed by atoms with Crippen LogP contribution in [0.1, 0.15) is 23.6 Å². The molecule has 5 rings (SSSR count). The van der Waals surface area contributed by atoms with Crippen LogP contribution in [0.5, 0.6) is 0 Å². The summed E-state index contributed by atoms with van der Waals surface area (Å²) in [6, 6.07) is 20.7. The Labute approximate surface area is 188 Å². The molecule has 1 aliphatic rings. The Bertz CT molecular complexity index is 1250. The van der Waals surface area contributed by atoms with Gasteiger partial charge in [-0.3, -0.25) is 9.69 Å². The molecule has 0 radical (unpaired) electrons. The molecule has 1 atom stereocenters. The number of carbonyl (C=O) groups excluding carboxylic acids is 1. The van der Waals surface area contributed by atoms with Gasteiger partial charge in [0, 0.05) is 37.1 Å². The van der Waals surface area contributed by atoms with Crippen molar-refractivity contribution in [2.24, 2.45) is 0 Å². The smallest absolute Gasteiger partial charge is 0.224 e. The van der Waals surface area contributed by atoms with Crippen molar-refractivity contribution >= 4 is 27.6 Å². The Kier molecular flexibility index (Phi) is 5.93. The molecular formula is C27H28N2O3. The van der Waals surface area contributed by atoms with Crippen LogP contribution in [0.15, 0.2) is 71.3 Å². The lowest BCUT2D eigenvalue weighted by Crippen LogP contribution is -2.40. The van der Waals surface area contributed by atoms with Gasteiger partial charge < -0.3 is 14.5 Å². The zero-order valence-electron chi connectivity index (χ0n) is 18.3. The molecule has 1 amide bonds. The van der Waals surface area contributed by atoms with Crippen LogP contribution in [0.2, 0.25) is 0 Å². The lowest BCUT2D eigenvalue weighted by molar-refractivity contribution is -0.120. The van der Waals surface area contributed by atoms with E-state index in [2.05, 4.69) is 59.6 Å². The van der Waals surface area contributed by atoms with E-state index in [1.807, 2.05) is 18.2 Å². The summed E-state index contributed by atoms with van der Waals surface area (Å²) in [7, 11) is 0. The van der Waals surface area contributed by atoms with E-state index in [4.69, 9.17) is 9.15 Å². The Morgan fingerprint density at radius 1 is 1.09 bits per heavy atom. The number of furan rings is 1. The van der Waals surface area contributed by atoms with Gasteiger partial charge in [-0.15, -0.1) is 0 Å². The lowest BCUT2D eigenvalue weighted by Gasteiger charge is -2.31. The molecule has 164 valence electrons. The van der Waals surface area contributed by atoms with E-state index in [1.54, 1.807) is 6.26 Å². The van der Waals surface area contributed by atoms with E-state index in [9.17, 15) is 4.79 Å². The zero-order valence-corrected chi connectivity index (χ0v) is 18.3. The first-order chi connectivity index (χ1) is 15.7. The topological polar surface area (TPSA) is 54.7 Å². The highest BCUT2D eigenvalue weighted by Crippen LogP contribution is 2.30. The average Bonchev–Trinajstić information content (AvgIpc) is 3.21. The highest BCUT2D eigenvalue weighted by atomic mass is 16.5. The summed E-state index contributed by atoms with van der Waals surface area (Å²) in [5.74, 6) is -0.00644. The Balaban J connectivity index is 1.23. The third-order valence-electron chi connectivity index (χ3n) is 6.10. The molecule has 1 aliphatic heterocycles. The van der Waals surface area contributed by atoms with Crippen molar-refractivity contribution in [3.05, 3.63) is 83.6 Å². The minimum atomic E-state index is -0.00644. The third-order valence-corrected chi connectivity index (χ3v) is 6.10. The van der Waals surface area contributed by atoms with Gasteiger partial charge in [0.15, 0.2) is 0 Å². The number of morpholine rings is 1. The van der Waals surface area contributed by atoms with Crippen LogP contribution >= 0.6 is 0 Å². The van der Waals surface area contributed by atoms with Gasteiger partial charge in [0.1, 0.15) is 5.58 Å².